The van der Waals surface area contributed by atoms with E-state index >= 15 is 0 Å². The summed E-state index contributed by atoms with van der Waals surface area (Å²) >= 11 is 3.20. The molecule has 58 valence electrons. The number of nitriles is 1. The molecule has 4 heteroatoms. The Bertz CT molecular complexity index is 353. The quantitative estimate of drug-likeness (QED) is 0.625. The highest BCUT2D eigenvalue weighted by Gasteiger charge is 1.88. The van der Waals surface area contributed by atoms with Crippen LogP contribution >= 0.6 is 15.9 Å². The molecule has 0 saturated heterocycles. The highest BCUT2D eigenvalue weighted by molar-refractivity contribution is 9.10. The lowest BCUT2D eigenvalue weighted by Crippen LogP contribution is -1.85. The molecule has 0 aromatic carbocycles. The molecule has 0 saturated carbocycles. The van der Waals surface area contributed by atoms with Crippen LogP contribution in [0.5, 0.6) is 0 Å². The Balaban J connectivity index is 2.74. The summed E-state index contributed by atoms with van der Waals surface area (Å²) in [6, 6.07) is 1.91. The highest BCUT2D eigenvalue weighted by Crippen LogP contribution is 2.03. The molecule has 0 aliphatic rings. The molecule has 3 nitrogen and oxygen atoms in total. The van der Waals surface area contributed by atoms with Crippen LogP contribution in [-0.4, -0.2) is 9.97 Å². The van der Waals surface area contributed by atoms with Crippen molar-refractivity contribution in [1.82, 2.24) is 9.97 Å². The molecule has 0 radical (unpaired) electrons. The Morgan fingerprint density at radius 3 is 2.67 bits per heavy atom. The molecule has 0 unspecified atom stereocenters. The van der Waals surface area contributed by atoms with Gasteiger partial charge in [-0.3, -0.25) is 0 Å². The third-order valence-corrected chi connectivity index (χ3v) is 1.40. The van der Waals surface area contributed by atoms with E-state index in [0.717, 1.165) is 4.47 Å². The van der Waals surface area contributed by atoms with Gasteiger partial charge in [0, 0.05) is 12.4 Å². The summed E-state index contributed by atoms with van der Waals surface area (Å²) in [4.78, 5) is 7.82. The molecule has 1 aromatic rings. The van der Waals surface area contributed by atoms with Gasteiger partial charge in [0.05, 0.1) is 17.0 Å². The molecule has 0 aliphatic carbocycles. The van der Waals surface area contributed by atoms with E-state index in [-0.39, 0.29) is 6.42 Å². The van der Waals surface area contributed by atoms with Crippen molar-refractivity contribution >= 4 is 15.9 Å². The first kappa shape index (κ1) is 8.70. The topological polar surface area (TPSA) is 49.6 Å². The van der Waals surface area contributed by atoms with Crippen molar-refractivity contribution in [2.75, 3.05) is 0 Å². The predicted molar refractivity (Wildman–Crippen MR) is 46.8 cm³/mol. The molecule has 0 amide bonds. The van der Waals surface area contributed by atoms with Crippen molar-refractivity contribution < 1.29 is 0 Å². The van der Waals surface area contributed by atoms with Crippen molar-refractivity contribution in [2.45, 2.75) is 6.42 Å². The van der Waals surface area contributed by atoms with E-state index in [0.29, 0.717) is 5.82 Å². The van der Waals surface area contributed by atoms with Crippen molar-refractivity contribution in [3.05, 3.63) is 22.7 Å². The number of hydrogen-bond donors (Lipinski definition) is 0. The fourth-order valence-electron chi connectivity index (χ4n) is 0.540. The van der Waals surface area contributed by atoms with E-state index < -0.39 is 0 Å². The van der Waals surface area contributed by atoms with Crippen LogP contribution in [-0.2, 0) is 0 Å². The van der Waals surface area contributed by atoms with Crippen LogP contribution in [0.4, 0.5) is 0 Å². The largest absolute Gasteiger partial charge is 0.228 e. The van der Waals surface area contributed by atoms with E-state index in [9.17, 15) is 0 Å². The third-order valence-electron chi connectivity index (χ3n) is 0.988. The normalized spacial score (nSPS) is 8.00. The SMILES string of the molecule is N#CCC#Cc1ncc(Br)cn1. The Labute approximate surface area is 78.6 Å². The average molecular weight is 222 g/mol. The summed E-state index contributed by atoms with van der Waals surface area (Å²) in [6.07, 6.45) is 3.44. The molecule has 0 spiro atoms. The minimum atomic E-state index is 0.208. The molecular weight excluding hydrogens is 218 g/mol. The maximum absolute atomic E-state index is 8.19. The van der Waals surface area contributed by atoms with E-state index in [4.69, 9.17) is 5.26 Å². The Morgan fingerprint density at radius 2 is 2.08 bits per heavy atom. The molecule has 1 rings (SSSR count). The molecule has 0 aliphatic heterocycles. The maximum Gasteiger partial charge on any atom is 0.204 e. The lowest BCUT2D eigenvalue weighted by molar-refractivity contribution is 1.11. The van der Waals surface area contributed by atoms with E-state index in [1.807, 2.05) is 6.07 Å². The van der Waals surface area contributed by atoms with Gasteiger partial charge < -0.3 is 0 Å². The van der Waals surface area contributed by atoms with Gasteiger partial charge >= 0.3 is 0 Å². The van der Waals surface area contributed by atoms with Gasteiger partial charge in [-0.2, -0.15) is 5.26 Å². The van der Waals surface area contributed by atoms with Gasteiger partial charge in [0.1, 0.15) is 0 Å². The second kappa shape index (κ2) is 4.48. The minimum Gasteiger partial charge on any atom is -0.228 e. The molecule has 1 aromatic heterocycles. The van der Waals surface area contributed by atoms with Crippen molar-refractivity contribution in [3.63, 3.8) is 0 Å². The Hall–Kier alpha value is -1.39. The van der Waals surface area contributed by atoms with E-state index in [1.165, 1.54) is 0 Å². The van der Waals surface area contributed by atoms with Crippen LogP contribution in [0.3, 0.4) is 0 Å². The van der Waals surface area contributed by atoms with Crippen LogP contribution < -0.4 is 0 Å². The molecule has 0 N–H and O–H groups in total. The van der Waals surface area contributed by atoms with E-state index in [1.54, 1.807) is 12.4 Å². The zero-order chi connectivity index (χ0) is 8.81. The molecule has 1 heterocycles. The van der Waals surface area contributed by atoms with Crippen LogP contribution in [0, 0.1) is 23.2 Å². The Kier molecular flexibility index (Phi) is 3.25. The Morgan fingerprint density at radius 1 is 1.42 bits per heavy atom. The first-order valence-corrected chi connectivity index (χ1v) is 3.95. The molecule has 0 bridgehead atoms. The van der Waals surface area contributed by atoms with Crippen LogP contribution in [0.1, 0.15) is 12.2 Å². The van der Waals surface area contributed by atoms with Gasteiger partial charge in [-0.1, -0.05) is 5.92 Å². The fourth-order valence-corrected chi connectivity index (χ4v) is 0.744. The van der Waals surface area contributed by atoms with Crippen LogP contribution in [0.2, 0.25) is 0 Å². The first-order chi connectivity index (χ1) is 5.83. The fraction of sp³-hybridized carbons (Fsp3) is 0.125. The molecule has 0 atom stereocenters. The third kappa shape index (κ3) is 2.69. The number of halogens is 1. The van der Waals surface area contributed by atoms with Crippen molar-refractivity contribution in [2.24, 2.45) is 0 Å². The second-order valence-corrected chi connectivity index (χ2v) is 2.78. The van der Waals surface area contributed by atoms with Crippen molar-refractivity contribution in [3.8, 4) is 17.9 Å². The molecule has 0 fully saturated rings. The summed E-state index contributed by atoms with van der Waals surface area (Å²) in [5.74, 6) is 5.71. The van der Waals surface area contributed by atoms with Gasteiger partial charge in [0.2, 0.25) is 5.82 Å². The smallest absolute Gasteiger partial charge is 0.204 e. The minimum absolute atomic E-state index is 0.208. The van der Waals surface area contributed by atoms with E-state index in [2.05, 4.69) is 37.7 Å². The molecular formula is C8H4BrN3. The van der Waals surface area contributed by atoms with Crippen LogP contribution in [0.25, 0.3) is 0 Å². The van der Waals surface area contributed by atoms with Gasteiger partial charge in [-0.05, 0) is 21.9 Å². The highest BCUT2D eigenvalue weighted by atomic mass is 79.9. The number of nitrogens with zero attached hydrogens (tertiary/aromatic N) is 3. The summed E-state index contributed by atoms with van der Waals surface area (Å²) < 4.78 is 0.813. The summed E-state index contributed by atoms with van der Waals surface area (Å²) in [5.41, 5.74) is 0. The van der Waals surface area contributed by atoms with Gasteiger partial charge in [0.25, 0.3) is 0 Å². The summed E-state index contributed by atoms with van der Waals surface area (Å²) in [6.45, 7) is 0. The van der Waals surface area contributed by atoms with Gasteiger partial charge in [-0.15, -0.1) is 0 Å². The number of rotatable bonds is 0. The first-order valence-electron chi connectivity index (χ1n) is 3.16. The standard InChI is InChI=1S/C8H4BrN3/c9-7-5-11-8(12-6-7)3-1-2-4-10/h5-6H,2H2. The predicted octanol–water partition coefficient (Wildman–Crippen LogP) is 1.50. The average Bonchev–Trinajstić information content (AvgIpc) is 2.09. The lowest BCUT2D eigenvalue weighted by atomic mass is 10.4. The number of aromatic nitrogens is 2. The summed E-state index contributed by atoms with van der Waals surface area (Å²) in [5, 5.41) is 8.19. The lowest BCUT2D eigenvalue weighted by Gasteiger charge is -1.87. The van der Waals surface area contributed by atoms with Gasteiger partial charge in [-0.25, -0.2) is 9.97 Å². The zero-order valence-electron chi connectivity index (χ0n) is 6.08. The maximum atomic E-state index is 8.19. The number of hydrogen-bond acceptors (Lipinski definition) is 3. The van der Waals surface area contributed by atoms with Crippen LogP contribution in [0.15, 0.2) is 16.9 Å². The zero-order valence-corrected chi connectivity index (χ0v) is 7.67. The van der Waals surface area contributed by atoms with Gasteiger partial charge in [0.15, 0.2) is 0 Å². The second-order valence-electron chi connectivity index (χ2n) is 1.86. The van der Waals surface area contributed by atoms with Crippen molar-refractivity contribution in [1.29, 1.82) is 5.26 Å². The molecule has 12 heavy (non-hydrogen) atoms. The summed E-state index contributed by atoms with van der Waals surface area (Å²) in [7, 11) is 0. The monoisotopic (exact) mass is 221 g/mol.